The predicted molar refractivity (Wildman–Crippen MR) is 199 cm³/mol. The summed E-state index contributed by atoms with van der Waals surface area (Å²) < 4.78 is 12.3. The highest BCUT2D eigenvalue weighted by Crippen LogP contribution is 2.76. The Morgan fingerprint density at radius 3 is 2.33 bits per heavy atom. The van der Waals surface area contributed by atoms with E-state index in [0.29, 0.717) is 24.2 Å². The van der Waals surface area contributed by atoms with Crippen molar-refractivity contribution in [2.24, 2.45) is 62.6 Å². The van der Waals surface area contributed by atoms with E-state index in [-0.39, 0.29) is 69.7 Å². The zero-order valence-corrected chi connectivity index (χ0v) is 33.6. The van der Waals surface area contributed by atoms with Gasteiger partial charge in [-0.2, -0.15) is 0 Å². The van der Waals surface area contributed by atoms with Gasteiger partial charge in [-0.25, -0.2) is 0 Å². The van der Waals surface area contributed by atoms with Crippen LogP contribution >= 0.6 is 0 Å². The van der Waals surface area contributed by atoms with E-state index in [1.54, 1.807) is 13.8 Å². The summed E-state index contributed by atoms with van der Waals surface area (Å²) in [6, 6.07) is 0. The Kier molecular flexibility index (Phi) is 9.27. The lowest BCUT2D eigenvalue weighted by Crippen LogP contribution is -2.67. The Morgan fingerprint density at radius 1 is 0.923 bits per heavy atom. The molecule has 1 amide bonds. The molecule has 8 nitrogen and oxygen atoms in total. The van der Waals surface area contributed by atoms with Gasteiger partial charge in [0, 0.05) is 24.4 Å². The molecule has 0 spiro atoms. The van der Waals surface area contributed by atoms with Gasteiger partial charge in [-0.1, -0.05) is 48.5 Å². The Bertz CT molecular complexity index is 1530. The van der Waals surface area contributed by atoms with Gasteiger partial charge in [0.2, 0.25) is 5.91 Å². The number of ether oxygens (including phenoxy) is 2. The first kappa shape index (κ1) is 38.1. The smallest absolute Gasteiger partial charge is 0.309 e. The summed E-state index contributed by atoms with van der Waals surface area (Å²) in [4.78, 5) is 53.1. The summed E-state index contributed by atoms with van der Waals surface area (Å²) in [7, 11) is 0. The lowest BCUT2D eigenvalue weighted by molar-refractivity contribution is -0.232. The lowest BCUT2D eigenvalue weighted by Gasteiger charge is -2.72. The molecule has 8 heteroatoms. The number of nitrogens with one attached hydrogen (secondary N) is 1. The number of hydrogen-bond donors (Lipinski definition) is 2. The summed E-state index contributed by atoms with van der Waals surface area (Å²) >= 11 is 0. The molecule has 7 rings (SSSR count). The molecule has 7 aliphatic rings. The second-order valence-electron chi connectivity index (χ2n) is 21.0. The van der Waals surface area contributed by atoms with Crippen molar-refractivity contribution in [2.75, 3.05) is 6.61 Å². The van der Waals surface area contributed by atoms with E-state index in [2.05, 4.69) is 53.8 Å². The van der Waals surface area contributed by atoms with E-state index in [9.17, 15) is 24.3 Å². The fraction of sp³-hybridized carbons (Fsp3) is 0.864. The van der Waals surface area contributed by atoms with Crippen molar-refractivity contribution in [3.63, 3.8) is 0 Å². The SMILES string of the molecule is CC(C)C1=C2C3CCC4C(C)(CCC5C(C)(C)[C@@H](OC(=O)CC(C)(C)C(=O)O)CC[C@@]54C)[C@]3(C)CC[C@@]2(NC(=O)C2CC3CCCOC3C2)CC1=O. The van der Waals surface area contributed by atoms with Gasteiger partial charge in [0.1, 0.15) is 6.10 Å². The molecule has 7 unspecified atom stereocenters. The average Bonchev–Trinajstić information content (AvgIpc) is 3.61. The highest BCUT2D eigenvalue weighted by molar-refractivity contribution is 6.02. The monoisotopic (exact) mass is 721 g/mol. The zero-order valence-electron chi connectivity index (χ0n) is 33.6. The third kappa shape index (κ3) is 5.59. The molecular weight excluding hydrogens is 654 g/mol. The molecule has 0 bridgehead atoms. The van der Waals surface area contributed by atoms with Crippen LogP contribution in [0.1, 0.15) is 152 Å². The van der Waals surface area contributed by atoms with E-state index in [4.69, 9.17) is 9.47 Å². The maximum absolute atomic E-state index is 14.2. The molecule has 52 heavy (non-hydrogen) atoms. The number of esters is 1. The molecule has 1 saturated heterocycles. The maximum Gasteiger partial charge on any atom is 0.309 e. The van der Waals surface area contributed by atoms with E-state index in [1.165, 1.54) is 5.57 Å². The fourth-order valence-electron chi connectivity index (χ4n) is 14.3. The van der Waals surface area contributed by atoms with Crippen molar-refractivity contribution in [1.82, 2.24) is 5.32 Å². The molecule has 290 valence electrons. The van der Waals surface area contributed by atoms with Gasteiger partial charge in [0.05, 0.1) is 23.5 Å². The van der Waals surface area contributed by atoms with Crippen molar-refractivity contribution < 1.29 is 33.8 Å². The van der Waals surface area contributed by atoms with Gasteiger partial charge < -0.3 is 19.9 Å². The topological polar surface area (TPSA) is 119 Å². The van der Waals surface area contributed by atoms with Gasteiger partial charge in [0.25, 0.3) is 0 Å². The first-order chi connectivity index (χ1) is 24.2. The summed E-state index contributed by atoms with van der Waals surface area (Å²) in [6.07, 6.45) is 12.0. The van der Waals surface area contributed by atoms with E-state index in [0.717, 1.165) is 89.2 Å². The van der Waals surface area contributed by atoms with Crippen LogP contribution in [-0.2, 0) is 28.7 Å². The van der Waals surface area contributed by atoms with Gasteiger partial charge in [-0.3, -0.25) is 19.2 Å². The normalized spacial score (nSPS) is 43.9. The van der Waals surface area contributed by atoms with Crippen LogP contribution in [-0.4, -0.2) is 53.1 Å². The van der Waals surface area contributed by atoms with Crippen molar-refractivity contribution >= 4 is 23.6 Å². The maximum atomic E-state index is 14.2. The zero-order chi connectivity index (χ0) is 37.8. The molecule has 1 aliphatic heterocycles. The number of carbonyl (C=O) groups is 4. The first-order valence-electron chi connectivity index (χ1n) is 20.8. The van der Waals surface area contributed by atoms with E-state index < -0.39 is 22.9 Å². The number of carboxylic acid groups (broad SMARTS) is 1. The molecule has 6 fully saturated rings. The Hall–Kier alpha value is -2.22. The van der Waals surface area contributed by atoms with Crippen LogP contribution < -0.4 is 5.32 Å². The number of Topliss-reactive ketones (excluding diaryl/α,β-unsaturated/α-hetero) is 1. The number of ketones is 1. The summed E-state index contributed by atoms with van der Waals surface area (Å²) in [5.41, 5.74) is 0.421. The van der Waals surface area contributed by atoms with Crippen molar-refractivity contribution in [3.8, 4) is 0 Å². The molecule has 11 atom stereocenters. The Labute approximate surface area is 312 Å². The van der Waals surface area contributed by atoms with Crippen LogP contribution in [0.15, 0.2) is 11.1 Å². The number of carbonyl (C=O) groups excluding carboxylic acids is 3. The minimum atomic E-state index is -1.16. The second-order valence-corrected chi connectivity index (χ2v) is 21.0. The van der Waals surface area contributed by atoms with Gasteiger partial charge in [-0.15, -0.1) is 0 Å². The predicted octanol–water partition coefficient (Wildman–Crippen LogP) is 8.45. The van der Waals surface area contributed by atoms with Gasteiger partial charge in [-0.05, 0) is 148 Å². The number of rotatable bonds is 7. The summed E-state index contributed by atoms with van der Waals surface area (Å²) in [5.74, 6) is 0.638. The molecule has 0 radical (unpaired) electrons. The number of amides is 1. The van der Waals surface area contributed by atoms with Crippen LogP contribution in [0.2, 0.25) is 0 Å². The van der Waals surface area contributed by atoms with Gasteiger partial charge >= 0.3 is 11.9 Å². The number of aliphatic carboxylic acids is 1. The Balaban J connectivity index is 1.15. The first-order valence-corrected chi connectivity index (χ1v) is 20.8. The van der Waals surface area contributed by atoms with Crippen LogP contribution in [0.3, 0.4) is 0 Å². The molecule has 1 heterocycles. The van der Waals surface area contributed by atoms with E-state index >= 15 is 0 Å². The van der Waals surface area contributed by atoms with Crippen molar-refractivity contribution in [3.05, 3.63) is 11.1 Å². The molecular formula is C44H67NO7. The minimum Gasteiger partial charge on any atom is -0.481 e. The molecule has 6 aliphatic carbocycles. The quantitative estimate of drug-likeness (QED) is 0.253. The number of fused-ring (bicyclic) bond motifs is 8. The van der Waals surface area contributed by atoms with Crippen molar-refractivity contribution in [1.29, 1.82) is 0 Å². The summed E-state index contributed by atoms with van der Waals surface area (Å²) in [5, 5.41) is 13.3. The van der Waals surface area contributed by atoms with E-state index in [1.807, 2.05) is 0 Å². The standard InChI is InChI=1S/C44H67NO7/c1-25(2)35-29(46)23-44(45-37(48)27-21-26-11-10-20-51-30(26)22-27)19-18-42(8)28(36(35)44)12-13-32-41(7)16-15-33(52-34(47)24-39(3,4)38(49)50)40(5,6)31(41)14-17-43(32,42)9/h25-28,30-33H,10-24H2,1-9H3,(H,45,48)(H,49,50)/t26?,27?,28?,30?,31?,32?,33-,41-,42+,43?,44+/m0/s1. The third-order valence-corrected chi connectivity index (χ3v) is 17.2. The highest BCUT2D eigenvalue weighted by Gasteiger charge is 2.70. The van der Waals surface area contributed by atoms with Crippen LogP contribution in [0.5, 0.6) is 0 Å². The van der Waals surface area contributed by atoms with Crippen LogP contribution in [0.25, 0.3) is 0 Å². The average molecular weight is 722 g/mol. The lowest BCUT2D eigenvalue weighted by atomic mass is 9.33. The molecule has 0 aromatic carbocycles. The number of hydrogen-bond acceptors (Lipinski definition) is 6. The molecule has 0 aromatic rings. The molecule has 2 N–H and O–H groups in total. The van der Waals surface area contributed by atoms with Crippen LogP contribution in [0.4, 0.5) is 0 Å². The fourth-order valence-corrected chi connectivity index (χ4v) is 14.3. The van der Waals surface area contributed by atoms with Gasteiger partial charge in [0.15, 0.2) is 5.78 Å². The van der Waals surface area contributed by atoms with Crippen LogP contribution in [0, 0.1) is 62.6 Å². The highest BCUT2D eigenvalue weighted by atomic mass is 16.5. The molecule has 0 aromatic heterocycles. The number of carboxylic acids is 1. The largest absolute Gasteiger partial charge is 0.481 e. The molecule has 5 saturated carbocycles. The minimum absolute atomic E-state index is 0.00969. The third-order valence-electron chi connectivity index (χ3n) is 17.2. The Morgan fingerprint density at radius 2 is 1.65 bits per heavy atom. The second kappa shape index (κ2) is 12.7. The number of allylic oxidation sites excluding steroid dienone is 1. The van der Waals surface area contributed by atoms with Crippen molar-refractivity contribution in [2.45, 2.75) is 170 Å². The summed E-state index contributed by atoms with van der Waals surface area (Å²) in [6.45, 7) is 20.5.